The molecule has 0 spiro atoms. The largest absolute Gasteiger partial charge is 1.00 e. The number of carbonyl (C=O) groups is 2. The van der Waals surface area contributed by atoms with Gasteiger partial charge in [-0.15, -0.1) is 0 Å². The second-order valence-corrected chi connectivity index (χ2v) is 3.71. The fraction of sp³-hybridized carbons (Fsp3) is 0.417. The molecule has 6 heteroatoms. The van der Waals surface area contributed by atoms with E-state index in [0.717, 1.165) is 0 Å². The van der Waals surface area contributed by atoms with Gasteiger partial charge in [-0.2, -0.15) is 0 Å². The van der Waals surface area contributed by atoms with Crippen molar-refractivity contribution >= 4 is 11.9 Å². The van der Waals surface area contributed by atoms with E-state index in [2.05, 4.69) is 5.32 Å². The Hall–Kier alpha value is -1.43. The monoisotopic (exact) mass is 316 g/mol. The van der Waals surface area contributed by atoms with Crippen LogP contribution in [0, 0.1) is 0 Å². The zero-order valence-electron chi connectivity index (χ0n) is 10.0. The number of carboxylic acid groups (broad SMARTS) is 1. The Labute approximate surface area is 117 Å². The van der Waals surface area contributed by atoms with Crippen LogP contribution >= 0.6 is 0 Å². The number of amides is 1. The molecule has 0 aliphatic heterocycles. The van der Waals surface area contributed by atoms with Crippen molar-refractivity contribution in [3.05, 3.63) is 30.6 Å². The molecule has 0 bridgehead atoms. The number of halogens is 1. The van der Waals surface area contributed by atoms with Gasteiger partial charge in [0.2, 0.25) is 5.91 Å². The topological polar surface area (TPSA) is 70.3 Å². The SMILES string of the molecule is O=C(O)CCCNC(=O)CC[n+]1ccccc1.[Br-]. The molecule has 0 atom stereocenters. The number of carboxylic acids is 1. The van der Waals surface area contributed by atoms with Crippen molar-refractivity contribution in [3.8, 4) is 0 Å². The smallest absolute Gasteiger partial charge is 0.303 e. The van der Waals surface area contributed by atoms with Crippen LogP contribution in [0.5, 0.6) is 0 Å². The van der Waals surface area contributed by atoms with Gasteiger partial charge < -0.3 is 27.4 Å². The lowest BCUT2D eigenvalue weighted by Crippen LogP contribution is -3.00. The van der Waals surface area contributed by atoms with E-state index in [-0.39, 0.29) is 29.3 Å². The van der Waals surface area contributed by atoms with E-state index in [9.17, 15) is 9.59 Å². The Morgan fingerprint density at radius 1 is 1.11 bits per heavy atom. The van der Waals surface area contributed by atoms with Gasteiger partial charge in [0.05, 0.1) is 6.42 Å². The summed E-state index contributed by atoms with van der Waals surface area (Å²) in [4.78, 5) is 21.6. The van der Waals surface area contributed by atoms with Gasteiger partial charge >= 0.3 is 5.97 Å². The number of hydrogen-bond acceptors (Lipinski definition) is 2. The minimum absolute atomic E-state index is 0. The summed E-state index contributed by atoms with van der Waals surface area (Å²) in [5, 5.41) is 11.1. The van der Waals surface area contributed by atoms with Gasteiger partial charge in [-0.05, 0) is 6.42 Å². The molecule has 0 aliphatic rings. The Balaban J connectivity index is 0.00000289. The number of aryl methyl sites for hydroxylation is 1. The van der Waals surface area contributed by atoms with Crippen LogP contribution in [-0.2, 0) is 16.1 Å². The van der Waals surface area contributed by atoms with Crippen LogP contribution in [0.25, 0.3) is 0 Å². The zero-order chi connectivity index (χ0) is 12.5. The van der Waals surface area contributed by atoms with Crippen molar-refractivity contribution in [2.45, 2.75) is 25.8 Å². The number of pyridine rings is 1. The molecule has 1 aromatic rings. The normalized spacial score (nSPS) is 9.33. The molecule has 100 valence electrons. The fourth-order valence-electron chi connectivity index (χ4n) is 1.37. The number of aliphatic carboxylic acids is 1. The Morgan fingerprint density at radius 3 is 2.39 bits per heavy atom. The summed E-state index contributed by atoms with van der Waals surface area (Å²) in [5.74, 6) is -0.883. The number of hydrogen-bond donors (Lipinski definition) is 2. The lowest BCUT2D eigenvalue weighted by Gasteiger charge is -2.02. The lowest BCUT2D eigenvalue weighted by molar-refractivity contribution is -0.695. The number of rotatable bonds is 7. The Bertz CT molecular complexity index is 371. The van der Waals surface area contributed by atoms with Gasteiger partial charge in [0.15, 0.2) is 18.9 Å². The third-order valence-electron chi connectivity index (χ3n) is 2.26. The van der Waals surface area contributed by atoms with Crippen LogP contribution in [-0.4, -0.2) is 23.5 Å². The second kappa shape index (κ2) is 9.58. The molecule has 0 saturated carbocycles. The molecule has 2 N–H and O–H groups in total. The molecule has 1 heterocycles. The number of nitrogens with zero attached hydrogens (tertiary/aromatic N) is 1. The molecule has 0 radical (unpaired) electrons. The molecule has 0 aromatic carbocycles. The van der Waals surface area contributed by atoms with Crippen LogP contribution in [0.1, 0.15) is 19.3 Å². The highest BCUT2D eigenvalue weighted by Crippen LogP contribution is 1.87. The predicted molar refractivity (Wildman–Crippen MR) is 61.1 cm³/mol. The number of nitrogens with one attached hydrogen (secondary N) is 1. The van der Waals surface area contributed by atoms with E-state index < -0.39 is 5.97 Å². The predicted octanol–water partition coefficient (Wildman–Crippen LogP) is -2.65. The third-order valence-corrected chi connectivity index (χ3v) is 2.26. The first kappa shape index (κ1) is 16.6. The van der Waals surface area contributed by atoms with E-state index >= 15 is 0 Å². The van der Waals surface area contributed by atoms with E-state index in [1.54, 1.807) is 0 Å². The van der Waals surface area contributed by atoms with Crippen molar-refractivity contribution in [2.24, 2.45) is 0 Å². The van der Waals surface area contributed by atoms with Gasteiger partial charge in [-0.3, -0.25) is 9.59 Å². The van der Waals surface area contributed by atoms with Crippen molar-refractivity contribution in [3.63, 3.8) is 0 Å². The van der Waals surface area contributed by atoms with Crippen LogP contribution in [0.3, 0.4) is 0 Å². The van der Waals surface area contributed by atoms with Crippen LogP contribution in [0.4, 0.5) is 0 Å². The second-order valence-electron chi connectivity index (χ2n) is 3.71. The average Bonchev–Trinajstić information content (AvgIpc) is 2.33. The first-order chi connectivity index (χ1) is 8.18. The molecule has 0 aliphatic carbocycles. The van der Waals surface area contributed by atoms with E-state index in [4.69, 9.17) is 5.11 Å². The first-order valence-corrected chi connectivity index (χ1v) is 5.61. The van der Waals surface area contributed by atoms with Crippen LogP contribution in [0.15, 0.2) is 30.6 Å². The van der Waals surface area contributed by atoms with Crippen molar-refractivity contribution < 1.29 is 36.2 Å². The molecule has 0 saturated heterocycles. The number of aromatic nitrogens is 1. The molecule has 1 aromatic heterocycles. The van der Waals surface area contributed by atoms with E-state index in [1.807, 2.05) is 35.2 Å². The summed E-state index contributed by atoms with van der Waals surface area (Å²) in [6.45, 7) is 1.05. The maximum atomic E-state index is 11.4. The van der Waals surface area contributed by atoms with E-state index in [1.165, 1.54) is 0 Å². The highest BCUT2D eigenvalue weighted by molar-refractivity contribution is 5.75. The fourth-order valence-corrected chi connectivity index (χ4v) is 1.37. The van der Waals surface area contributed by atoms with Gasteiger partial charge in [-0.25, -0.2) is 4.57 Å². The Morgan fingerprint density at radius 2 is 1.78 bits per heavy atom. The average molecular weight is 317 g/mol. The van der Waals surface area contributed by atoms with E-state index in [0.29, 0.717) is 25.9 Å². The molecule has 18 heavy (non-hydrogen) atoms. The minimum atomic E-state index is -0.834. The van der Waals surface area contributed by atoms with Gasteiger partial charge in [-0.1, -0.05) is 6.07 Å². The third kappa shape index (κ3) is 7.78. The highest BCUT2D eigenvalue weighted by Gasteiger charge is 2.05. The van der Waals surface area contributed by atoms with Crippen molar-refractivity contribution in [1.29, 1.82) is 0 Å². The lowest BCUT2D eigenvalue weighted by atomic mass is 10.3. The van der Waals surface area contributed by atoms with Gasteiger partial charge in [0.1, 0.15) is 0 Å². The molecule has 0 fully saturated rings. The summed E-state index contributed by atoms with van der Waals surface area (Å²) in [6.07, 6.45) is 4.77. The molecular formula is C12H17BrN2O3. The summed E-state index contributed by atoms with van der Waals surface area (Å²) in [6, 6.07) is 5.73. The summed E-state index contributed by atoms with van der Waals surface area (Å²) >= 11 is 0. The first-order valence-electron chi connectivity index (χ1n) is 5.61. The van der Waals surface area contributed by atoms with Gasteiger partial charge in [0, 0.05) is 25.1 Å². The van der Waals surface area contributed by atoms with Crippen LogP contribution < -0.4 is 26.9 Å². The van der Waals surface area contributed by atoms with Gasteiger partial charge in [0.25, 0.3) is 0 Å². The molecule has 1 amide bonds. The van der Waals surface area contributed by atoms with Crippen molar-refractivity contribution in [2.75, 3.05) is 6.54 Å². The minimum Gasteiger partial charge on any atom is -1.00 e. The molecule has 1 rings (SSSR count). The molecule has 0 unspecified atom stereocenters. The quantitative estimate of drug-likeness (QED) is 0.426. The number of carbonyl (C=O) groups excluding carboxylic acids is 1. The summed E-state index contributed by atoms with van der Waals surface area (Å²) in [7, 11) is 0. The summed E-state index contributed by atoms with van der Waals surface area (Å²) in [5.41, 5.74) is 0. The maximum Gasteiger partial charge on any atom is 0.303 e. The zero-order valence-corrected chi connectivity index (χ0v) is 11.6. The molecule has 5 nitrogen and oxygen atoms in total. The summed E-state index contributed by atoms with van der Waals surface area (Å²) < 4.78 is 1.93. The standard InChI is InChI=1S/C12H16N2O3.BrH/c15-11(13-7-4-5-12(16)17)6-10-14-8-2-1-3-9-14;/h1-3,8-9H,4-7,10H2,(H-,13,15,16,17);1H. The molecular weight excluding hydrogens is 300 g/mol. The van der Waals surface area contributed by atoms with Crippen molar-refractivity contribution in [1.82, 2.24) is 5.32 Å². The maximum absolute atomic E-state index is 11.4. The highest BCUT2D eigenvalue weighted by atomic mass is 79.9. The van der Waals surface area contributed by atoms with Crippen LogP contribution in [0.2, 0.25) is 0 Å². The Kier molecular flexibility index (Phi) is 8.82.